The monoisotopic (exact) mass is 196 g/mol. The summed E-state index contributed by atoms with van der Waals surface area (Å²) in [6, 6.07) is 3.37. The van der Waals surface area contributed by atoms with Gasteiger partial charge in [-0.2, -0.15) is 16.9 Å². The molecule has 2 heterocycles. The normalized spacial score (nSPS) is 22.0. The number of rotatable bonds is 2. The van der Waals surface area contributed by atoms with Crippen LogP contribution in [0.3, 0.4) is 0 Å². The number of hydrogen-bond donors (Lipinski definition) is 1. The number of H-pyrrole nitrogens is 1. The van der Waals surface area contributed by atoms with Crippen LogP contribution in [0.15, 0.2) is 16.9 Å². The van der Waals surface area contributed by atoms with Crippen molar-refractivity contribution in [2.75, 3.05) is 11.5 Å². The highest BCUT2D eigenvalue weighted by molar-refractivity contribution is 7.99. The zero-order chi connectivity index (χ0) is 9.10. The summed E-state index contributed by atoms with van der Waals surface area (Å²) < 4.78 is 0. The van der Waals surface area contributed by atoms with Crippen molar-refractivity contribution in [3.05, 3.63) is 28.2 Å². The van der Waals surface area contributed by atoms with E-state index in [-0.39, 0.29) is 5.56 Å². The highest BCUT2D eigenvalue weighted by Crippen LogP contribution is 2.25. The van der Waals surface area contributed by atoms with E-state index in [4.69, 9.17) is 0 Å². The van der Waals surface area contributed by atoms with E-state index in [2.05, 4.69) is 10.2 Å². The maximum atomic E-state index is 10.7. The van der Waals surface area contributed by atoms with E-state index in [9.17, 15) is 4.79 Å². The first-order valence-electron chi connectivity index (χ1n) is 4.47. The van der Waals surface area contributed by atoms with Crippen LogP contribution in [0.25, 0.3) is 0 Å². The Bertz CT molecular complexity index is 310. The second-order valence-corrected chi connectivity index (χ2v) is 4.50. The molecule has 0 spiro atoms. The fourth-order valence-corrected chi connectivity index (χ4v) is 2.81. The van der Waals surface area contributed by atoms with E-state index in [1.54, 1.807) is 6.07 Å². The molecule has 4 heteroatoms. The van der Waals surface area contributed by atoms with Crippen LogP contribution in [0, 0.1) is 5.92 Å². The van der Waals surface area contributed by atoms with E-state index in [0.29, 0.717) is 0 Å². The molecule has 13 heavy (non-hydrogen) atoms. The molecule has 70 valence electrons. The van der Waals surface area contributed by atoms with Gasteiger partial charge in [-0.05, 0) is 36.3 Å². The Kier molecular flexibility index (Phi) is 2.68. The molecule has 2 rings (SSSR count). The molecule has 1 unspecified atom stereocenters. The molecule has 0 amide bonds. The number of hydrogen-bond acceptors (Lipinski definition) is 3. The van der Waals surface area contributed by atoms with Crippen molar-refractivity contribution in [3.8, 4) is 0 Å². The molecular weight excluding hydrogens is 184 g/mol. The summed E-state index contributed by atoms with van der Waals surface area (Å²) in [4.78, 5) is 10.7. The Morgan fingerprint density at radius 2 is 2.54 bits per heavy atom. The van der Waals surface area contributed by atoms with E-state index in [1.807, 2.05) is 17.8 Å². The van der Waals surface area contributed by atoms with Crippen LogP contribution in [-0.2, 0) is 6.42 Å². The third kappa shape index (κ3) is 2.34. The van der Waals surface area contributed by atoms with Crippen LogP contribution >= 0.6 is 11.8 Å². The first-order valence-corrected chi connectivity index (χ1v) is 5.62. The van der Waals surface area contributed by atoms with Crippen molar-refractivity contribution in [2.24, 2.45) is 5.92 Å². The van der Waals surface area contributed by atoms with Crippen molar-refractivity contribution in [1.29, 1.82) is 0 Å². The molecule has 0 aliphatic carbocycles. The molecule has 1 atom stereocenters. The smallest absolute Gasteiger partial charge is 0.264 e. The van der Waals surface area contributed by atoms with E-state index in [0.717, 1.165) is 18.0 Å². The summed E-state index contributed by atoms with van der Waals surface area (Å²) in [7, 11) is 0. The first-order chi connectivity index (χ1) is 6.34. The lowest BCUT2D eigenvalue weighted by Crippen LogP contribution is -2.10. The average molecular weight is 196 g/mol. The van der Waals surface area contributed by atoms with Crippen LogP contribution in [0.5, 0.6) is 0 Å². The van der Waals surface area contributed by atoms with Gasteiger partial charge in [0.15, 0.2) is 0 Å². The number of nitrogens with one attached hydrogen (secondary N) is 1. The number of nitrogens with zero attached hydrogens (tertiary/aromatic N) is 1. The van der Waals surface area contributed by atoms with Crippen molar-refractivity contribution in [1.82, 2.24) is 10.2 Å². The molecule has 1 aromatic rings. The maximum Gasteiger partial charge on any atom is 0.264 e. The van der Waals surface area contributed by atoms with Crippen molar-refractivity contribution in [2.45, 2.75) is 12.8 Å². The number of aromatic amines is 1. The van der Waals surface area contributed by atoms with E-state index >= 15 is 0 Å². The molecule has 3 nitrogen and oxygen atoms in total. The lowest BCUT2D eigenvalue weighted by atomic mass is 10.0. The van der Waals surface area contributed by atoms with Gasteiger partial charge in [0, 0.05) is 6.07 Å². The van der Waals surface area contributed by atoms with Crippen LogP contribution in [0.2, 0.25) is 0 Å². The molecule has 1 saturated heterocycles. The molecular formula is C9H12N2OS. The summed E-state index contributed by atoms with van der Waals surface area (Å²) in [6.45, 7) is 0. The Labute approximate surface area is 80.9 Å². The Hall–Kier alpha value is -0.770. The van der Waals surface area contributed by atoms with Crippen LogP contribution in [0.4, 0.5) is 0 Å². The quantitative estimate of drug-likeness (QED) is 0.769. The summed E-state index contributed by atoms with van der Waals surface area (Å²) in [5.74, 6) is 3.26. The molecule has 1 N–H and O–H groups in total. The summed E-state index contributed by atoms with van der Waals surface area (Å²) >= 11 is 2.00. The van der Waals surface area contributed by atoms with Gasteiger partial charge < -0.3 is 0 Å². The summed E-state index contributed by atoms with van der Waals surface area (Å²) in [5, 5.41) is 6.46. The second kappa shape index (κ2) is 3.96. The van der Waals surface area contributed by atoms with Crippen LogP contribution in [-0.4, -0.2) is 21.7 Å². The minimum Gasteiger partial charge on any atom is -0.268 e. The minimum atomic E-state index is -0.121. The average Bonchev–Trinajstić information content (AvgIpc) is 2.62. The van der Waals surface area contributed by atoms with E-state index < -0.39 is 0 Å². The van der Waals surface area contributed by atoms with Gasteiger partial charge in [-0.3, -0.25) is 4.79 Å². The maximum absolute atomic E-state index is 10.7. The van der Waals surface area contributed by atoms with Gasteiger partial charge in [0.1, 0.15) is 0 Å². The fraction of sp³-hybridized carbons (Fsp3) is 0.556. The molecule has 1 aromatic heterocycles. The Morgan fingerprint density at radius 1 is 1.62 bits per heavy atom. The van der Waals surface area contributed by atoms with E-state index in [1.165, 1.54) is 17.9 Å². The largest absolute Gasteiger partial charge is 0.268 e. The molecule has 1 aliphatic heterocycles. The molecule has 0 saturated carbocycles. The molecule has 1 aliphatic rings. The fourth-order valence-electron chi connectivity index (χ4n) is 1.53. The SMILES string of the molecule is O=c1ccc(CC2CCSC2)n[nH]1. The summed E-state index contributed by atoms with van der Waals surface area (Å²) in [5.41, 5.74) is 0.886. The highest BCUT2D eigenvalue weighted by Gasteiger charge is 2.16. The number of aromatic nitrogens is 2. The molecule has 0 bridgehead atoms. The van der Waals surface area contributed by atoms with Gasteiger partial charge in [0.2, 0.25) is 0 Å². The zero-order valence-corrected chi connectivity index (χ0v) is 8.14. The van der Waals surface area contributed by atoms with Crippen molar-refractivity contribution in [3.63, 3.8) is 0 Å². The standard InChI is InChI=1S/C9H12N2OS/c12-9-2-1-8(10-11-9)5-7-3-4-13-6-7/h1-2,7H,3-6H2,(H,11,12). The van der Waals surface area contributed by atoms with Crippen LogP contribution < -0.4 is 5.56 Å². The third-order valence-corrected chi connectivity index (χ3v) is 3.49. The lowest BCUT2D eigenvalue weighted by molar-refractivity contribution is 0.581. The Balaban J connectivity index is 2.00. The predicted octanol–water partition coefficient (Wildman–Crippen LogP) is 1.07. The van der Waals surface area contributed by atoms with Gasteiger partial charge in [-0.15, -0.1) is 0 Å². The Morgan fingerprint density at radius 3 is 3.15 bits per heavy atom. The first kappa shape index (κ1) is 8.81. The second-order valence-electron chi connectivity index (χ2n) is 3.35. The predicted molar refractivity (Wildman–Crippen MR) is 54.0 cm³/mol. The van der Waals surface area contributed by atoms with Crippen LogP contribution in [0.1, 0.15) is 12.1 Å². The van der Waals surface area contributed by atoms with Gasteiger partial charge in [0.25, 0.3) is 5.56 Å². The molecule has 0 aromatic carbocycles. The van der Waals surface area contributed by atoms with Gasteiger partial charge in [0.05, 0.1) is 5.69 Å². The third-order valence-electron chi connectivity index (χ3n) is 2.26. The summed E-state index contributed by atoms with van der Waals surface area (Å²) in [6.07, 6.45) is 2.29. The van der Waals surface area contributed by atoms with Gasteiger partial charge >= 0.3 is 0 Å². The highest BCUT2D eigenvalue weighted by atomic mass is 32.2. The molecule has 1 fully saturated rings. The lowest BCUT2D eigenvalue weighted by Gasteiger charge is -2.05. The van der Waals surface area contributed by atoms with Gasteiger partial charge in [-0.1, -0.05) is 0 Å². The molecule has 0 radical (unpaired) electrons. The number of thioether (sulfide) groups is 1. The minimum absolute atomic E-state index is 0.121. The topological polar surface area (TPSA) is 45.8 Å². The zero-order valence-electron chi connectivity index (χ0n) is 7.32. The van der Waals surface area contributed by atoms with Crippen molar-refractivity contribution >= 4 is 11.8 Å². The van der Waals surface area contributed by atoms with Crippen molar-refractivity contribution < 1.29 is 0 Å². The van der Waals surface area contributed by atoms with Gasteiger partial charge in [-0.25, -0.2) is 5.10 Å².